The van der Waals surface area contributed by atoms with Crippen LogP contribution in [-0.4, -0.2) is 25.2 Å². The van der Waals surface area contributed by atoms with Crippen molar-refractivity contribution in [1.82, 2.24) is 10.3 Å². The first kappa shape index (κ1) is 15.5. The fraction of sp³-hybridized carbons (Fsp3) is 0.471. The predicted molar refractivity (Wildman–Crippen MR) is 89.4 cm³/mol. The molecule has 0 amide bonds. The van der Waals surface area contributed by atoms with Gasteiger partial charge in [0.25, 0.3) is 5.56 Å². The number of ether oxygens (including phenoxy) is 1. The van der Waals surface area contributed by atoms with Gasteiger partial charge in [0, 0.05) is 41.7 Å². The van der Waals surface area contributed by atoms with Crippen LogP contribution in [0.2, 0.25) is 5.02 Å². The zero-order valence-electron chi connectivity index (χ0n) is 12.7. The van der Waals surface area contributed by atoms with Gasteiger partial charge in [0.2, 0.25) is 0 Å². The molecular weight excluding hydrogens is 300 g/mol. The Morgan fingerprint density at radius 2 is 2.18 bits per heavy atom. The summed E-state index contributed by atoms with van der Waals surface area (Å²) in [7, 11) is 1.75. The fourth-order valence-electron chi connectivity index (χ4n) is 3.17. The first-order chi connectivity index (χ1) is 10.6. The van der Waals surface area contributed by atoms with Crippen molar-refractivity contribution >= 4 is 22.5 Å². The first-order valence-electron chi connectivity index (χ1n) is 7.63. The van der Waals surface area contributed by atoms with E-state index in [2.05, 4.69) is 10.3 Å². The van der Waals surface area contributed by atoms with Crippen molar-refractivity contribution in [2.75, 3.05) is 20.3 Å². The third-order valence-electron chi connectivity index (χ3n) is 4.57. The number of hydrogen-bond acceptors (Lipinski definition) is 3. The molecule has 3 rings (SSSR count). The van der Waals surface area contributed by atoms with Gasteiger partial charge in [0.1, 0.15) is 0 Å². The van der Waals surface area contributed by atoms with Gasteiger partial charge in [-0.25, -0.2) is 0 Å². The van der Waals surface area contributed by atoms with Crippen molar-refractivity contribution in [1.29, 1.82) is 0 Å². The summed E-state index contributed by atoms with van der Waals surface area (Å²) in [5, 5.41) is 5.04. The maximum absolute atomic E-state index is 12.1. The molecule has 22 heavy (non-hydrogen) atoms. The van der Waals surface area contributed by atoms with Crippen LogP contribution in [0.1, 0.15) is 24.8 Å². The second kappa shape index (κ2) is 6.41. The Morgan fingerprint density at radius 1 is 1.36 bits per heavy atom. The van der Waals surface area contributed by atoms with Crippen LogP contribution in [0, 0.1) is 5.41 Å². The molecule has 0 atom stereocenters. The summed E-state index contributed by atoms with van der Waals surface area (Å²) in [6.07, 6.45) is 3.66. The number of H-pyrrole nitrogens is 1. The van der Waals surface area contributed by atoms with Crippen molar-refractivity contribution < 1.29 is 4.74 Å². The molecule has 0 unspecified atom stereocenters. The van der Waals surface area contributed by atoms with Crippen LogP contribution in [0.25, 0.3) is 10.9 Å². The predicted octanol–water partition coefficient (Wildman–Crippen LogP) is 3.09. The number of hydrogen-bond donors (Lipinski definition) is 2. The highest BCUT2D eigenvalue weighted by atomic mass is 35.5. The number of halogens is 1. The SMILES string of the molecule is COCC1(CNCc2cc3ccc(Cl)cc3[nH]c2=O)CCC1. The normalized spacial score (nSPS) is 16.6. The Hall–Kier alpha value is -1.36. The van der Waals surface area contributed by atoms with E-state index in [4.69, 9.17) is 16.3 Å². The molecule has 0 radical (unpaired) electrons. The second-order valence-corrected chi connectivity index (χ2v) is 6.68. The van der Waals surface area contributed by atoms with E-state index in [9.17, 15) is 4.79 Å². The lowest BCUT2D eigenvalue weighted by atomic mass is 9.69. The van der Waals surface area contributed by atoms with Gasteiger partial charge < -0.3 is 15.0 Å². The van der Waals surface area contributed by atoms with E-state index in [0.717, 1.165) is 29.6 Å². The summed E-state index contributed by atoms with van der Waals surface area (Å²) in [6.45, 7) is 2.24. The van der Waals surface area contributed by atoms with E-state index >= 15 is 0 Å². The standard InChI is InChI=1S/C17H21ClN2O2/c1-22-11-17(5-2-6-17)10-19-9-13-7-12-3-4-14(18)8-15(12)20-16(13)21/h3-4,7-8,19H,2,5-6,9-11H2,1H3,(H,20,21). The van der Waals surface area contributed by atoms with Crippen molar-refractivity contribution in [2.45, 2.75) is 25.8 Å². The average molecular weight is 321 g/mol. The smallest absolute Gasteiger partial charge is 0.252 e. The molecule has 0 spiro atoms. The zero-order valence-corrected chi connectivity index (χ0v) is 13.5. The minimum absolute atomic E-state index is 0.0586. The monoisotopic (exact) mass is 320 g/mol. The Morgan fingerprint density at radius 3 is 2.86 bits per heavy atom. The van der Waals surface area contributed by atoms with Crippen LogP contribution in [-0.2, 0) is 11.3 Å². The lowest BCUT2D eigenvalue weighted by molar-refractivity contribution is 0.0177. The number of rotatable bonds is 6. The third kappa shape index (κ3) is 3.19. The molecule has 5 heteroatoms. The molecule has 2 N–H and O–H groups in total. The fourth-order valence-corrected chi connectivity index (χ4v) is 3.34. The van der Waals surface area contributed by atoms with Gasteiger partial charge >= 0.3 is 0 Å². The number of fused-ring (bicyclic) bond motifs is 1. The number of aromatic nitrogens is 1. The lowest BCUT2D eigenvalue weighted by Crippen LogP contribution is -2.43. The second-order valence-electron chi connectivity index (χ2n) is 6.25. The summed E-state index contributed by atoms with van der Waals surface area (Å²) in [5.41, 5.74) is 1.72. The van der Waals surface area contributed by atoms with E-state index in [1.54, 1.807) is 13.2 Å². The van der Waals surface area contributed by atoms with Gasteiger partial charge in [-0.15, -0.1) is 0 Å². The molecule has 1 aliphatic rings. The summed E-state index contributed by atoms with van der Waals surface area (Å²) in [6, 6.07) is 7.47. The van der Waals surface area contributed by atoms with Crippen LogP contribution < -0.4 is 10.9 Å². The van der Waals surface area contributed by atoms with E-state index in [1.165, 1.54) is 19.3 Å². The largest absolute Gasteiger partial charge is 0.384 e. The van der Waals surface area contributed by atoms with Gasteiger partial charge in [-0.05, 0) is 36.4 Å². The summed E-state index contributed by atoms with van der Waals surface area (Å²) < 4.78 is 5.32. The highest BCUT2D eigenvalue weighted by molar-refractivity contribution is 6.31. The van der Waals surface area contributed by atoms with Gasteiger partial charge in [-0.3, -0.25) is 4.79 Å². The maximum atomic E-state index is 12.1. The van der Waals surface area contributed by atoms with Crippen molar-refractivity contribution in [2.24, 2.45) is 5.41 Å². The molecule has 1 saturated carbocycles. The van der Waals surface area contributed by atoms with E-state index in [1.807, 2.05) is 18.2 Å². The topological polar surface area (TPSA) is 54.1 Å². The Kier molecular flexibility index (Phi) is 4.52. The Balaban J connectivity index is 1.70. The van der Waals surface area contributed by atoms with Crippen molar-refractivity contribution in [3.8, 4) is 0 Å². The lowest BCUT2D eigenvalue weighted by Gasteiger charge is -2.41. The van der Waals surface area contributed by atoms with Gasteiger partial charge in [-0.2, -0.15) is 0 Å². The maximum Gasteiger partial charge on any atom is 0.252 e. The number of nitrogens with one attached hydrogen (secondary N) is 2. The quantitative estimate of drug-likeness (QED) is 0.860. The van der Waals surface area contributed by atoms with E-state index < -0.39 is 0 Å². The third-order valence-corrected chi connectivity index (χ3v) is 4.80. The van der Waals surface area contributed by atoms with Crippen LogP contribution >= 0.6 is 11.6 Å². The molecule has 0 bridgehead atoms. The molecule has 0 aliphatic heterocycles. The Bertz CT molecular complexity index is 722. The molecule has 1 aliphatic carbocycles. The molecule has 2 aromatic rings. The van der Waals surface area contributed by atoms with Crippen molar-refractivity contribution in [3.63, 3.8) is 0 Å². The van der Waals surface area contributed by atoms with Gasteiger partial charge in [0.05, 0.1) is 6.61 Å². The zero-order chi connectivity index (χ0) is 15.6. The molecule has 0 saturated heterocycles. The van der Waals surface area contributed by atoms with Crippen LogP contribution in [0.5, 0.6) is 0 Å². The number of aromatic amines is 1. The highest BCUT2D eigenvalue weighted by Gasteiger charge is 2.36. The van der Waals surface area contributed by atoms with E-state index in [0.29, 0.717) is 11.6 Å². The molecule has 1 aromatic heterocycles. The van der Waals surface area contributed by atoms with E-state index in [-0.39, 0.29) is 11.0 Å². The summed E-state index contributed by atoms with van der Waals surface area (Å²) in [4.78, 5) is 15.0. The minimum atomic E-state index is -0.0586. The minimum Gasteiger partial charge on any atom is -0.384 e. The Labute approximate surface area is 134 Å². The highest BCUT2D eigenvalue weighted by Crippen LogP contribution is 2.40. The average Bonchev–Trinajstić information content (AvgIpc) is 2.45. The van der Waals surface area contributed by atoms with Crippen molar-refractivity contribution in [3.05, 3.63) is 45.2 Å². The number of pyridine rings is 1. The molecule has 4 nitrogen and oxygen atoms in total. The molecular formula is C17H21ClN2O2. The molecule has 118 valence electrons. The summed E-state index contributed by atoms with van der Waals surface area (Å²) in [5.74, 6) is 0. The number of benzene rings is 1. The van der Waals surface area contributed by atoms with Crippen LogP contribution in [0.15, 0.2) is 29.1 Å². The molecule has 1 aromatic carbocycles. The summed E-state index contributed by atoms with van der Waals surface area (Å²) >= 11 is 5.95. The molecule has 1 fully saturated rings. The van der Waals surface area contributed by atoms with Crippen LogP contribution in [0.4, 0.5) is 0 Å². The molecule has 1 heterocycles. The first-order valence-corrected chi connectivity index (χ1v) is 8.01. The van der Waals surface area contributed by atoms with Gasteiger partial charge in [0.15, 0.2) is 0 Å². The van der Waals surface area contributed by atoms with Gasteiger partial charge in [-0.1, -0.05) is 24.1 Å². The number of methoxy groups -OCH3 is 1. The van der Waals surface area contributed by atoms with Crippen LogP contribution in [0.3, 0.4) is 0 Å².